The molecule has 1 heterocycles. The number of hydrogen-bond donors (Lipinski definition) is 2. The van der Waals surface area contributed by atoms with Crippen LogP contribution in [0.1, 0.15) is 39.5 Å². The van der Waals surface area contributed by atoms with Crippen LogP contribution in [0.15, 0.2) is 79.0 Å². The van der Waals surface area contributed by atoms with E-state index in [4.69, 9.17) is 5.26 Å². The number of likely N-dealkylation sites (N-methyl/N-ethyl adjacent to an activating group) is 1. The fraction of sp³-hybridized carbons (Fsp3) is 0.233. The lowest BCUT2D eigenvalue weighted by atomic mass is 9.83. The number of hydrogen-bond acceptors (Lipinski definition) is 4. The second-order valence-corrected chi connectivity index (χ2v) is 9.35. The second kappa shape index (κ2) is 10.6. The van der Waals surface area contributed by atoms with E-state index in [1.807, 2.05) is 79.7 Å². The number of carbonyl (C=O) groups excluding carboxylic acids is 2. The summed E-state index contributed by atoms with van der Waals surface area (Å²) in [6, 6.07) is 25.1. The minimum absolute atomic E-state index is 0.0281. The van der Waals surface area contributed by atoms with Crippen LogP contribution in [0, 0.1) is 11.3 Å². The van der Waals surface area contributed by atoms with Crippen LogP contribution in [0.3, 0.4) is 0 Å². The molecule has 0 bridgehead atoms. The lowest BCUT2D eigenvalue weighted by Crippen LogP contribution is -2.47. The summed E-state index contributed by atoms with van der Waals surface area (Å²) in [5, 5.41) is 13.4. The van der Waals surface area contributed by atoms with E-state index < -0.39 is 5.54 Å². The quantitative estimate of drug-likeness (QED) is 0.344. The third kappa shape index (κ3) is 5.22. The molecule has 36 heavy (non-hydrogen) atoms. The van der Waals surface area contributed by atoms with Gasteiger partial charge in [0.05, 0.1) is 18.1 Å². The first kappa shape index (κ1) is 24.9. The molecular weight excluding hydrogens is 448 g/mol. The molecule has 0 unspecified atom stereocenters. The maximum absolute atomic E-state index is 14.0. The van der Waals surface area contributed by atoms with Crippen molar-refractivity contribution in [2.24, 2.45) is 0 Å². The molecule has 3 aromatic carbocycles. The first-order valence-corrected chi connectivity index (χ1v) is 12.0. The van der Waals surface area contributed by atoms with Crippen LogP contribution in [-0.2, 0) is 23.2 Å². The van der Waals surface area contributed by atoms with Crippen LogP contribution in [0.25, 0.3) is 10.9 Å². The van der Waals surface area contributed by atoms with Crippen molar-refractivity contribution in [2.45, 2.75) is 25.3 Å². The molecule has 0 radical (unpaired) electrons. The van der Waals surface area contributed by atoms with Gasteiger partial charge in [-0.25, -0.2) is 0 Å². The van der Waals surface area contributed by atoms with Crippen LogP contribution in [-0.4, -0.2) is 42.2 Å². The predicted molar refractivity (Wildman–Crippen MR) is 142 cm³/mol. The Morgan fingerprint density at radius 2 is 1.69 bits per heavy atom. The average molecular weight is 479 g/mol. The molecule has 0 aliphatic carbocycles. The highest BCUT2D eigenvalue weighted by Gasteiger charge is 2.36. The Labute approximate surface area is 211 Å². The average Bonchev–Trinajstić information content (AvgIpc) is 3.32. The minimum atomic E-state index is -0.942. The zero-order valence-electron chi connectivity index (χ0n) is 20.8. The number of amides is 1. The van der Waals surface area contributed by atoms with Crippen LogP contribution in [0.2, 0.25) is 0 Å². The molecule has 1 atom stereocenters. The number of H-pyrrole nitrogens is 1. The summed E-state index contributed by atoms with van der Waals surface area (Å²) in [5.74, 6) is -0.00258. The number of nitrogens with zero attached hydrogens (tertiary/aromatic N) is 2. The highest BCUT2D eigenvalue weighted by molar-refractivity contribution is 6.12. The fourth-order valence-corrected chi connectivity index (χ4v) is 4.36. The van der Waals surface area contributed by atoms with Gasteiger partial charge in [0.25, 0.3) is 0 Å². The van der Waals surface area contributed by atoms with Crippen molar-refractivity contribution in [1.82, 2.24) is 15.2 Å². The summed E-state index contributed by atoms with van der Waals surface area (Å²) in [4.78, 5) is 31.0. The molecule has 2 N–H and O–H groups in total. The molecule has 0 aliphatic rings. The van der Waals surface area contributed by atoms with Gasteiger partial charge in [-0.15, -0.1) is 0 Å². The van der Waals surface area contributed by atoms with Crippen LogP contribution in [0.4, 0.5) is 0 Å². The maximum atomic E-state index is 14.0. The zero-order chi connectivity index (χ0) is 25.7. The summed E-state index contributed by atoms with van der Waals surface area (Å²) in [7, 11) is 3.48. The van der Waals surface area contributed by atoms with Crippen molar-refractivity contribution < 1.29 is 9.59 Å². The van der Waals surface area contributed by atoms with Gasteiger partial charge in [-0.2, -0.15) is 5.26 Å². The van der Waals surface area contributed by atoms with Gasteiger partial charge in [-0.05, 0) is 48.2 Å². The predicted octanol–water partition coefficient (Wildman–Crippen LogP) is 4.60. The number of Topliss-reactive ketones (excluding diaryl/α,β-unsaturated/α-hetero) is 1. The highest BCUT2D eigenvalue weighted by atomic mass is 16.2. The number of fused-ring (bicyclic) bond motifs is 1. The molecule has 182 valence electrons. The fourth-order valence-electron chi connectivity index (χ4n) is 4.36. The Balaban J connectivity index is 1.60. The summed E-state index contributed by atoms with van der Waals surface area (Å²) < 4.78 is 0. The SMILES string of the molecule is CN(C)C(=O)Cc1ccc2c(C(=O)[C@@](C)(NCCc3ccc(C#N)cc3)c3ccccc3)c[nH]c2c1. The van der Waals surface area contributed by atoms with Crippen molar-refractivity contribution in [3.8, 4) is 6.07 Å². The van der Waals surface area contributed by atoms with E-state index in [2.05, 4.69) is 16.4 Å². The Morgan fingerprint density at radius 1 is 1.00 bits per heavy atom. The molecule has 6 nitrogen and oxygen atoms in total. The van der Waals surface area contributed by atoms with Crippen molar-refractivity contribution in [1.29, 1.82) is 5.26 Å². The monoisotopic (exact) mass is 478 g/mol. The molecule has 1 aromatic heterocycles. The van der Waals surface area contributed by atoms with E-state index in [1.54, 1.807) is 25.2 Å². The molecular formula is C30H30N4O2. The van der Waals surface area contributed by atoms with Gasteiger partial charge in [-0.3, -0.25) is 9.59 Å². The van der Waals surface area contributed by atoms with Crippen LogP contribution < -0.4 is 5.32 Å². The molecule has 0 fully saturated rings. The molecule has 0 aliphatic heterocycles. The Hall–Kier alpha value is -4.21. The van der Waals surface area contributed by atoms with Gasteiger partial charge in [0.1, 0.15) is 5.54 Å². The van der Waals surface area contributed by atoms with Crippen LogP contribution >= 0.6 is 0 Å². The number of ketones is 1. The lowest BCUT2D eigenvalue weighted by Gasteiger charge is -2.30. The Morgan fingerprint density at radius 3 is 2.36 bits per heavy atom. The molecule has 4 aromatic rings. The maximum Gasteiger partial charge on any atom is 0.226 e. The van der Waals surface area contributed by atoms with E-state index in [9.17, 15) is 9.59 Å². The second-order valence-electron chi connectivity index (χ2n) is 9.35. The summed E-state index contributed by atoms with van der Waals surface area (Å²) in [6.45, 7) is 2.51. The Kier molecular flexibility index (Phi) is 7.33. The molecule has 0 saturated carbocycles. The molecule has 4 rings (SSSR count). The number of nitriles is 1. The number of rotatable bonds is 9. The molecule has 6 heteroatoms. The topological polar surface area (TPSA) is 89.0 Å². The van der Waals surface area contributed by atoms with Gasteiger partial charge < -0.3 is 15.2 Å². The van der Waals surface area contributed by atoms with E-state index in [1.165, 1.54) is 0 Å². The molecule has 0 saturated heterocycles. The van der Waals surface area contributed by atoms with E-state index in [0.29, 0.717) is 24.1 Å². The third-order valence-corrected chi connectivity index (χ3v) is 6.63. The first-order valence-electron chi connectivity index (χ1n) is 12.0. The van der Waals surface area contributed by atoms with E-state index in [-0.39, 0.29) is 11.7 Å². The normalized spacial score (nSPS) is 12.6. The minimum Gasteiger partial charge on any atom is -0.360 e. The number of carbonyl (C=O) groups is 2. The van der Waals surface area contributed by atoms with Gasteiger partial charge in [-0.1, -0.05) is 54.6 Å². The zero-order valence-corrected chi connectivity index (χ0v) is 20.8. The Bertz CT molecular complexity index is 1420. The van der Waals surface area contributed by atoms with E-state index >= 15 is 0 Å². The number of benzene rings is 3. The highest BCUT2D eigenvalue weighted by Crippen LogP contribution is 2.30. The van der Waals surface area contributed by atoms with Gasteiger partial charge in [0.2, 0.25) is 5.91 Å². The molecule has 0 spiro atoms. The first-order chi connectivity index (χ1) is 17.3. The molecule has 1 amide bonds. The lowest BCUT2D eigenvalue weighted by molar-refractivity contribution is -0.127. The van der Waals surface area contributed by atoms with Crippen LogP contribution in [0.5, 0.6) is 0 Å². The van der Waals surface area contributed by atoms with Crippen molar-refractivity contribution in [3.05, 3.63) is 107 Å². The van der Waals surface area contributed by atoms with Gasteiger partial charge >= 0.3 is 0 Å². The largest absolute Gasteiger partial charge is 0.360 e. The standard InChI is InChI=1S/C30H30N4O2/c1-30(24-7-5-4-6-8-24,33-16-15-21-9-11-22(19-31)12-10-21)29(36)26-20-32-27-17-23(13-14-25(26)27)18-28(35)34(2)3/h4-14,17,20,32-33H,15-16,18H2,1-3H3/t30-/m0/s1. The van der Waals surface area contributed by atoms with Crippen molar-refractivity contribution >= 4 is 22.6 Å². The van der Waals surface area contributed by atoms with Gasteiger partial charge in [0, 0.05) is 43.3 Å². The van der Waals surface area contributed by atoms with E-state index in [0.717, 1.165) is 34.0 Å². The van der Waals surface area contributed by atoms with Crippen molar-refractivity contribution in [2.75, 3.05) is 20.6 Å². The number of aromatic amines is 1. The number of nitrogens with one attached hydrogen (secondary N) is 2. The summed E-state index contributed by atoms with van der Waals surface area (Å²) in [6.07, 6.45) is 2.79. The number of aromatic nitrogens is 1. The third-order valence-electron chi connectivity index (χ3n) is 6.63. The van der Waals surface area contributed by atoms with Gasteiger partial charge in [0.15, 0.2) is 5.78 Å². The summed E-state index contributed by atoms with van der Waals surface area (Å²) in [5.41, 5.74) is 4.00. The summed E-state index contributed by atoms with van der Waals surface area (Å²) >= 11 is 0. The smallest absolute Gasteiger partial charge is 0.226 e. The van der Waals surface area contributed by atoms with Crippen molar-refractivity contribution in [3.63, 3.8) is 0 Å².